The highest BCUT2D eigenvalue weighted by molar-refractivity contribution is 9.10. The van der Waals surface area contributed by atoms with Crippen LogP contribution in [-0.2, 0) is 6.42 Å². The van der Waals surface area contributed by atoms with Gasteiger partial charge in [0.25, 0.3) is 0 Å². The van der Waals surface area contributed by atoms with Gasteiger partial charge in [-0.2, -0.15) is 14.9 Å². The first-order valence-electron chi connectivity index (χ1n) is 8.32. The molecule has 2 heterocycles. The molecule has 0 fully saturated rings. The number of H-pyrrole nitrogens is 1. The summed E-state index contributed by atoms with van der Waals surface area (Å²) in [6.07, 6.45) is 0.283. The molecule has 9 heteroatoms. The molecule has 1 aromatic heterocycles. The van der Waals surface area contributed by atoms with E-state index in [1.54, 1.807) is 14.2 Å². The Balaban J connectivity index is 2.06. The molecule has 1 N–H and O–H groups in total. The van der Waals surface area contributed by atoms with E-state index in [4.69, 9.17) is 9.47 Å². The zero-order valence-corrected chi connectivity index (χ0v) is 16.6. The SMILES string of the molecule is COc1cc2c(cc1OC)C(c1ccc(Br)cc1)=Nn1c(n[nH]c(=O)c1=O)C2. The largest absolute Gasteiger partial charge is 0.493 e. The molecule has 0 amide bonds. The van der Waals surface area contributed by atoms with E-state index in [-0.39, 0.29) is 6.42 Å². The maximum absolute atomic E-state index is 12.4. The van der Waals surface area contributed by atoms with Gasteiger partial charge in [0.1, 0.15) is 0 Å². The fourth-order valence-corrected chi connectivity index (χ4v) is 3.34. The van der Waals surface area contributed by atoms with E-state index in [0.717, 1.165) is 25.8 Å². The molecular weight excluding hydrogens is 428 g/mol. The van der Waals surface area contributed by atoms with Crippen molar-refractivity contribution in [2.45, 2.75) is 6.42 Å². The standard InChI is InChI=1S/C19H15BrN4O4/c1-27-14-7-11-8-16-21-22-18(25)19(26)24(16)23-17(13(11)9-15(14)28-2)10-3-5-12(20)6-4-10/h3-7,9H,8H2,1-2H3,(H,22,25). The van der Waals surface area contributed by atoms with Crippen LogP contribution in [0.4, 0.5) is 0 Å². The number of hydrogen-bond donors (Lipinski definition) is 1. The van der Waals surface area contributed by atoms with Crippen molar-refractivity contribution in [1.29, 1.82) is 0 Å². The Kier molecular flexibility index (Phi) is 4.60. The number of hydrogen-bond acceptors (Lipinski definition) is 6. The van der Waals surface area contributed by atoms with Crippen molar-refractivity contribution < 1.29 is 9.47 Å². The quantitative estimate of drug-likeness (QED) is 0.488. The maximum atomic E-state index is 12.4. The molecule has 3 aromatic rings. The summed E-state index contributed by atoms with van der Waals surface area (Å²) in [6.45, 7) is 0. The van der Waals surface area contributed by atoms with Crippen molar-refractivity contribution in [3.05, 3.63) is 84.1 Å². The monoisotopic (exact) mass is 442 g/mol. The number of benzene rings is 2. The summed E-state index contributed by atoms with van der Waals surface area (Å²) in [5.74, 6) is 1.41. The Labute approximate surface area is 167 Å². The Bertz CT molecular complexity index is 1210. The van der Waals surface area contributed by atoms with Crippen molar-refractivity contribution in [3.63, 3.8) is 0 Å². The highest BCUT2D eigenvalue weighted by atomic mass is 79.9. The van der Waals surface area contributed by atoms with E-state index >= 15 is 0 Å². The number of methoxy groups -OCH3 is 2. The van der Waals surface area contributed by atoms with Crippen LogP contribution in [-0.4, -0.2) is 34.8 Å². The summed E-state index contributed by atoms with van der Waals surface area (Å²) >= 11 is 3.42. The lowest BCUT2D eigenvalue weighted by atomic mass is 9.95. The van der Waals surface area contributed by atoms with E-state index in [2.05, 4.69) is 31.2 Å². The first-order valence-corrected chi connectivity index (χ1v) is 9.12. The Hall–Kier alpha value is -3.20. The number of ether oxygens (including phenoxy) is 2. The van der Waals surface area contributed by atoms with E-state index in [1.165, 1.54) is 0 Å². The smallest absolute Gasteiger partial charge is 0.339 e. The maximum Gasteiger partial charge on any atom is 0.339 e. The third kappa shape index (κ3) is 3.03. The number of nitrogens with one attached hydrogen (secondary N) is 1. The molecule has 0 unspecified atom stereocenters. The molecule has 0 aliphatic carbocycles. The summed E-state index contributed by atoms with van der Waals surface area (Å²) in [5, 5.41) is 10.7. The molecule has 28 heavy (non-hydrogen) atoms. The summed E-state index contributed by atoms with van der Waals surface area (Å²) < 4.78 is 12.8. The van der Waals surface area contributed by atoms with Gasteiger partial charge in [0, 0.05) is 22.0 Å². The molecule has 0 bridgehead atoms. The Morgan fingerprint density at radius 2 is 1.75 bits per heavy atom. The molecule has 1 aliphatic heterocycles. The van der Waals surface area contributed by atoms with Gasteiger partial charge in [-0.1, -0.05) is 28.1 Å². The minimum absolute atomic E-state index is 0.283. The predicted octanol–water partition coefficient (Wildman–Crippen LogP) is 1.92. The molecule has 2 aromatic carbocycles. The molecular formula is C19H15BrN4O4. The van der Waals surface area contributed by atoms with E-state index < -0.39 is 11.1 Å². The molecule has 4 rings (SSSR count). The highest BCUT2D eigenvalue weighted by Gasteiger charge is 2.23. The van der Waals surface area contributed by atoms with Gasteiger partial charge in [0.15, 0.2) is 17.3 Å². The number of nitrogens with zero attached hydrogens (tertiary/aromatic N) is 3. The van der Waals surface area contributed by atoms with E-state index in [0.29, 0.717) is 23.0 Å². The fourth-order valence-electron chi connectivity index (χ4n) is 3.07. The molecule has 0 saturated carbocycles. The second kappa shape index (κ2) is 7.08. The van der Waals surface area contributed by atoms with E-state index in [1.807, 2.05) is 36.4 Å². The Morgan fingerprint density at radius 3 is 2.43 bits per heavy atom. The van der Waals surface area contributed by atoms with Crippen molar-refractivity contribution >= 4 is 21.6 Å². The molecule has 0 atom stereocenters. The van der Waals surface area contributed by atoms with Gasteiger partial charge in [0.05, 0.1) is 19.9 Å². The first kappa shape index (κ1) is 18.2. The van der Waals surface area contributed by atoms with Crippen LogP contribution in [0, 0.1) is 0 Å². The minimum atomic E-state index is -0.830. The third-order valence-electron chi connectivity index (χ3n) is 4.45. The van der Waals surface area contributed by atoms with Crippen LogP contribution in [0.5, 0.6) is 11.5 Å². The minimum Gasteiger partial charge on any atom is -0.493 e. The van der Waals surface area contributed by atoms with Crippen LogP contribution in [0.25, 0.3) is 0 Å². The highest BCUT2D eigenvalue weighted by Crippen LogP contribution is 2.34. The lowest BCUT2D eigenvalue weighted by molar-refractivity contribution is 0.354. The number of rotatable bonds is 3. The zero-order valence-electron chi connectivity index (χ0n) is 15.0. The second-order valence-electron chi connectivity index (χ2n) is 6.08. The van der Waals surface area contributed by atoms with Crippen LogP contribution in [0.2, 0.25) is 0 Å². The number of aromatic nitrogens is 3. The molecule has 8 nitrogen and oxygen atoms in total. The lowest BCUT2D eigenvalue weighted by Crippen LogP contribution is -2.37. The van der Waals surface area contributed by atoms with Crippen molar-refractivity contribution in [1.82, 2.24) is 14.9 Å². The van der Waals surface area contributed by atoms with Gasteiger partial charge >= 0.3 is 11.1 Å². The summed E-state index contributed by atoms with van der Waals surface area (Å²) in [4.78, 5) is 24.2. The Morgan fingerprint density at radius 1 is 1.07 bits per heavy atom. The second-order valence-corrected chi connectivity index (χ2v) is 7.00. The van der Waals surface area contributed by atoms with Gasteiger partial charge < -0.3 is 9.47 Å². The number of halogens is 1. The third-order valence-corrected chi connectivity index (χ3v) is 4.98. The van der Waals surface area contributed by atoms with Crippen LogP contribution in [0.3, 0.4) is 0 Å². The lowest BCUT2D eigenvalue weighted by Gasteiger charge is -2.14. The van der Waals surface area contributed by atoms with Gasteiger partial charge in [-0.25, -0.2) is 5.10 Å². The first-order chi connectivity index (χ1) is 13.5. The number of fused-ring (bicyclic) bond motifs is 2. The molecule has 0 radical (unpaired) electrons. The van der Waals surface area contributed by atoms with Crippen molar-refractivity contribution in [2.75, 3.05) is 14.2 Å². The summed E-state index contributed by atoms with van der Waals surface area (Å²) in [6, 6.07) is 11.1. The van der Waals surface area contributed by atoms with Crippen molar-refractivity contribution in [2.24, 2.45) is 5.10 Å². The van der Waals surface area contributed by atoms with E-state index in [9.17, 15) is 9.59 Å². The fraction of sp³-hybridized carbons (Fsp3) is 0.158. The van der Waals surface area contributed by atoms with Gasteiger partial charge in [-0.15, -0.1) is 0 Å². The predicted molar refractivity (Wildman–Crippen MR) is 107 cm³/mol. The molecule has 0 spiro atoms. The van der Waals surface area contributed by atoms with Crippen LogP contribution < -0.4 is 20.6 Å². The molecule has 1 aliphatic rings. The molecule has 0 saturated heterocycles. The van der Waals surface area contributed by atoms with Gasteiger partial charge in [-0.3, -0.25) is 9.59 Å². The van der Waals surface area contributed by atoms with Gasteiger partial charge in [0.2, 0.25) is 0 Å². The van der Waals surface area contributed by atoms with Gasteiger partial charge in [-0.05, 0) is 29.8 Å². The normalized spacial score (nSPS) is 12.5. The average Bonchev–Trinajstić information content (AvgIpc) is 2.87. The summed E-state index contributed by atoms with van der Waals surface area (Å²) in [5.41, 5.74) is 1.28. The average molecular weight is 443 g/mol. The topological polar surface area (TPSA) is 98.6 Å². The van der Waals surface area contributed by atoms with Crippen molar-refractivity contribution in [3.8, 4) is 11.5 Å². The van der Waals surface area contributed by atoms with Crippen LogP contribution in [0.1, 0.15) is 22.5 Å². The van der Waals surface area contributed by atoms with Crippen LogP contribution in [0.15, 0.2) is 55.6 Å². The number of aromatic amines is 1. The zero-order chi connectivity index (χ0) is 19.8. The van der Waals surface area contributed by atoms with Crippen LogP contribution >= 0.6 is 15.9 Å². The molecule has 142 valence electrons. The summed E-state index contributed by atoms with van der Waals surface area (Å²) in [7, 11) is 3.11.